The van der Waals surface area contributed by atoms with Crippen LogP contribution < -0.4 is 5.09 Å². The summed E-state index contributed by atoms with van der Waals surface area (Å²) < 4.78 is 30.2. The average Bonchev–Trinajstić information content (AvgIpc) is 2.71. The second-order valence-corrected chi connectivity index (χ2v) is 14.1. The van der Waals surface area contributed by atoms with Gasteiger partial charge < -0.3 is 4.74 Å². The van der Waals surface area contributed by atoms with Crippen molar-refractivity contribution in [2.24, 2.45) is 34.0 Å². The number of esters is 1. The fraction of sp³-hybridized carbons (Fsp3) is 0.962. The highest BCUT2D eigenvalue weighted by molar-refractivity contribution is 7.51. The van der Waals surface area contributed by atoms with Gasteiger partial charge in [0.25, 0.3) is 0 Å². The molecular formula is C26H46NO5P. The minimum atomic E-state index is -3.27. The van der Waals surface area contributed by atoms with E-state index in [0.717, 1.165) is 12.8 Å². The maximum absolute atomic E-state index is 13.1. The van der Waals surface area contributed by atoms with E-state index in [4.69, 9.17) is 13.8 Å². The van der Waals surface area contributed by atoms with E-state index >= 15 is 0 Å². The third-order valence-corrected chi connectivity index (χ3v) is 12.0. The number of hydrogen-bond donors (Lipinski definition) is 1. The predicted molar refractivity (Wildman–Crippen MR) is 130 cm³/mol. The standard InChI is InChI=1S/C26H46NO5P/c1-7-30-33(29,31-8-2)27-18-23(4)12-9-13-24(5)21(23)11-15-26-14-10-20(16-22(24)26)25(6,17-26)32-19(3)28/h20-22H,7-18H2,1-6H3,(H,27,29)/t20?,21-,22?,23?,24?,25+,26-/m1/s1. The number of hydrogen-bond acceptors (Lipinski definition) is 5. The van der Waals surface area contributed by atoms with Crippen molar-refractivity contribution in [3.05, 3.63) is 0 Å². The van der Waals surface area contributed by atoms with E-state index < -0.39 is 7.75 Å². The lowest BCUT2D eigenvalue weighted by molar-refractivity contribution is -0.240. The van der Waals surface area contributed by atoms with Crippen LogP contribution in [0, 0.1) is 34.0 Å². The summed E-state index contributed by atoms with van der Waals surface area (Å²) in [5, 5.41) is 3.25. The molecule has 6 nitrogen and oxygen atoms in total. The van der Waals surface area contributed by atoms with E-state index in [9.17, 15) is 9.36 Å². The molecule has 0 aromatic rings. The Morgan fingerprint density at radius 3 is 2.30 bits per heavy atom. The van der Waals surface area contributed by atoms with Crippen LogP contribution in [0.25, 0.3) is 0 Å². The smallest absolute Gasteiger partial charge is 0.405 e. The summed E-state index contributed by atoms with van der Waals surface area (Å²) >= 11 is 0. The van der Waals surface area contributed by atoms with Crippen molar-refractivity contribution in [1.82, 2.24) is 5.09 Å². The zero-order valence-corrected chi connectivity index (χ0v) is 22.6. The largest absolute Gasteiger partial charge is 0.459 e. The van der Waals surface area contributed by atoms with Gasteiger partial charge in [-0.15, -0.1) is 0 Å². The lowest BCUT2D eigenvalue weighted by Crippen LogP contribution is -2.65. The van der Waals surface area contributed by atoms with E-state index in [2.05, 4.69) is 25.9 Å². The molecule has 7 atom stereocenters. The zero-order valence-electron chi connectivity index (χ0n) is 21.7. The predicted octanol–water partition coefficient (Wildman–Crippen LogP) is 6.49. The number of ether oxygens (including phenoxy) is 1. The van der Waals surface area contributed by atoms with Gasteiger partial charge in [0.05, 0.1) is 13.2 Å². The number of rotatable bonds is 8. The highest BCUT2D eigenvalue weighted by atomic mass is 31.2. The van der Waals surface area contributed by atoms with E-state index in [-0.39, 0.29) is 22.4 Å². The second-order valence-electron chi connectivity index (χ2n) is 12.2. The monoisotopic (exact) mass is 483 g/mol. The zero-order chi connectivity index (χ0) is 24.1. The van der Waals surface area contributed by atoms with Crippen LogP contribution >= 0.6 is 7.75 Å². The van der Waals surface area contributed by atoms with E-state index in [1.54, 1.807) is 6.92 Å². The Labute approximate surface area is 200 Å². The molecule has 0 aromatic heterocycles. The molecule has 0 amide bonds. The summed E-state index contributed by atoms with van der Waals surface area (Å²) in [7, 11) is -3.27. The molecule has 5 aliphatic rings. The molecule has 7 heteroatoms. The molecule has 0 saturated heterocycles. The number of fused-ring (bicyclic) bond motifs is 3. The van der Waals surface area contributed by atoms with Gasteiger partial charge in [0, 0.05) is 13.5 Å². The summed E-state index contributed by atoms with van der Waals surface area (Å²) in [6, 6.07) is 0. The fourth-order valence-corrected chi connectivity index (χ4v) is 10.7. The molecular weight excluding hydrogens is 437 g/mol. The van der Waals surface area contributed by atoms with Crippen LogP contribution in [0.4, 0.5) is 0 Å². The quantitative estimate of drug-likeness (QED) is 0.314. The van der Waals surface area contributed by atoms with Crippen LogP contribution in [0.2, 0.25) is 0 Å². The third-order valence-electron chi connectivity index (χ3n) is 10.3. The molecule has 1 spiro atoms. The third kappa shape index (κ3) is 4.36. The van der Waals surface area contributed by atoms with Crippen LogP contribution in [0.5, 0.6) is 0 Å². The average molecular weight is 484 g/mol. The van der Waals surface area contributed by atoms with Gasteiger partial charge in [0.15, 0.2) is 0 Å². The summed E-state index contributed by atoms with van der Waals surface area (Å²) in [5.41, 5.74) is 0.325. The van der Waals surface area contributed by atoms with Crippen molar-refractivity contribution in [2.75, 3.05) is 19.8 Å². The number of carbonyl (C=O) groups excluding carboxylic acids is 1. The Morgan fingerprint density at radius 2 is 1.67 bits per heavy atom. The van der Waals surface area contributed by atoms with Crippen molar-refractivity contribution in [2.45, 2.75) is 105 Å². The molecule has 4 unspecified atom stereocenters. The summed E-state index contributed by atoms with van der Waals surface area (Å²) in [4.78, 5) is 11.9. The van der Waals surface area contributed by atoms with Crippen LogP contribution in [-0.4, -0.2) is 31.3 Å². The highest BCUT2D eigenvalue weighted by Gasteiger charge is 2.67. The van der Waals surface area contributed by atoms with Gasteiger partial charge >= 0.3 is 13.7 Å². The SMILES string of the molecule is CCOP(=O)(NCC1(C)CCCC2(C)C3CC4CC[C@@]3(CC[C@H]12)C[C@]4(C)OC(C)=O)OCC. The Balaban J connectivity index is 1.56. The maximum atomic E-state index is 13.1. The van der Waals surface area contributed by atoms with E-state index in [0.29, 0.717) is 42.9 Å². The molecule has 5 aliphatic carbocycles. The van der Waals surface area contributed by atoms with Crippen LogP contribution in [0.1, 0.15) is 99.3 Å². The molecule has 5 fully saturated rings. The molecule has 33 heavy (non-hydrogen) atoms. The number of nitrogens with one attached hydrogen (secondary N) is 1. The molecule has 0 aromatic carbocycles. The van der Waals surface area contributed by atoms with Crippen molar-refractivity contribution in [3.8, 4) is 0 Å². The fourth-order valence-electron chi connectivity index (χ4n) is 9.20. The Hall–Kier alpha value is -0.420. The van der Waals surface area contributed by atoms with Gasteiger partial charge in [-0.2, -0.15) is 0 Å². The minimum Gasteiger partial charge on any atom is -0.459 e. The van der Waals surface area contributed by atoms with E-state index in [1.165, 1.54) is 44.9 Å². The summed E-state index contributed by atoms with van der Waals surface area (Å²) in [6.45, 7) is 13.8. The first-order valence-corrected chi connectivity index (χ1v) is 14.8. The minimum absolute atomic E-state index is 0.0638. The van der Waals surface area contributed by atoms with Crippen LogP contribution in [-0.2, 0) is 23.1 Å². The first kappa shape index (κ1) is 25.7. The van der Waals surface area contributed by atoms with Gasteiger partial charge in [-0.3, -0.25) is 13.8 Å². The van der Waals surface area contributed by atoms with Crippen molar-refractivity contribution in [1.29, 1.82) is 0 Å². The maximum Gasteiger partial charge on any atom is 0.405 e. The Morgan fingerprint density at radius 1 is 1.00 bits per heavy atom. The van der Waals surface area contributed by atoms with Gasteiger partial charge in [-0.1, -0.05) is 20.3 Å². The molecule has 5 rings (SSSR count). The Kier molecular flexibility index (Phi) is 6.93. The van der Waals surface area contributed by atoms with Crippen molar-refractivity contribution in [3.63, 3.8) is 0 Å². The summed E-state index contributed by atoms with van der Waals surface area (Å²) in [6.07, 6.45) is 10.7. The van der Waals surface area contributed by atoms with E-state index in [1.807, 2.05) is 13.8 Å². The molecule has 2 bridgehead atoms. The highest BCUT2D eigenvalue weighted by Crippen LogP contribution is 2.73. The van der Waals surface area contributed by atoms with Gasteiger partial charge in [-0.05, 0) is 106 Å². The lowest BCUT2D eigenvalue weighted by atomic mass is 9.36. The van der Waals surface area contributed by atoms with Crippen molar-refractivity contribution < 1.29 is 23.1 Å². The van der Waals surface area contributed by atoms with Gasteiger partial charge in [-0.25, -0.2) is 9.65 Å². The lowest BCUT2D eigenvalue weighted by Gasteiger charge is -2.70. The molecule has 0 radical (unpaired) electrons. The molecule has 190 valence electrons. The van der Waals surface area contributed by atoms with Crippen molar-refractivity contribution >= 4 is 13.7 Å². The second kappa shape index (κ2) is 8.91. The van der Waals surface area contributed by atoms with Crippen LogP contribution in [0.3, 0.4) is 0 Å². The topological polar surface area (TPSA) is 73.9 Å². The first-order valence-electron chi connectivity index (χ1n) is 13.3. The van der Waals surface area contributed by atoms with Gasteiger partial charge in [0.1, 0.15) is 5.60 Å². The first-order chi connectivity index (χ1) is 15.4. The normalized spacial score (nSPS) is 44.7. The molecule has 0 heterocycles. The number of carbonyl (C=O) groups is 1. The van der Waals surface area contributed by atoms with Crippen LogP contribution in [0.15, 0.2) is 0 Å². The molecule has 1 N–H and O–H groups in total. The molecule has 5 saturated carbocycles. The van der Waals surface area contributed by atoms with Gasteiger partial charge in [0.2, 0.25) is 0 Å². The Bertz CT molecular complexity index is 796. The summed E-state index contributed by atoms with van der Waals surface area (Å²) in [5.74, 6) is 1.59. The molecule has 0 aliphatic heterocycles.